The van der Waals surface area contributed by atoms with E-state index < -0.39 is 0 Å². The number of nitrogens with zero attached hydrogens (tertiary/aromatic N) is 3. The summed E-state index contributed by atoms with van der Waals surface area (Å²) in [5.41, 5.74) is 1.10. The van der Waals surface area contributed by atoms with Gasteiger partial charge in [-0.05, 0) is 37.8 Å². The molecule has 3 rings (SSSR count). The molecule has 0 atom stereocenters. The Morgan fingerprint density at radius 1 is 1.20 bits per heavy atom. The zero-order chi connectivity index (χ0) is 13.8. The van der Waals surface area contributed by atoms with Crippen molar-refractivity contribution in [1.29, 1.82) is 0 Å². The number of anilines is 1. The summed E-state index contributed by atoms with van der Waals surface area (Å²) in [6.45, 7) is 3.05. The Morgan fingerprint density at radius 2 is 2.05 bits per heavy atom. The second kappa shape index (κ2) is 6.07. The number of imidazole rings is 1. The molecule has 1 saturated carbocycles. The molecule has 1 aliphatic carbocycles. The third kappa shape index (κ3) is 2.84. The summed E-state index contributed by atoms with van der Waals surface area (Å²) in [4.78, 5) is 8.79. The van der Waals surface area contributed by atoms with Gasteiger partial charge in [0.2, 0.25) is 0 Å². The third-order valence-electron chi connectivity index (χ3n) is 4.15. The Balaban J connectivity index is 1.74. The lowest BCUT2D eigenvalue weighted by Crippen LogP contribution is -2.18. The Hall–Kier alpha value is -1.84. The van der Waals surface area contributed by atoms with Crippen molar-refractivity contribution in [2.24, 2.45) is 5.92 Å². The molecule has 0 bridgehead atoms. The maximum Gasteiger partial charge on any atom is 0.161 e. The van der Waals surface area contributed by atoms with Crippen molar-refractivity contribution in [1.82, 2.24) is 14.5 Å². The van der Waals surface area contributed by atoms with E-state index in [4.69, 9.17) is 0 Å². The van der Waals surface area contributed by atoms with Crippen LogP contribution in [0.5, 0.6) is 0 Å². The van der Waals surface area contributed by atoms with Crippen LogP contribution in [0.25, 0.3) is 5.82 Å². The Morgan fingerprint density at radius 3 is 2.80 bits per heavy atom. The summed E-state index contributed by atoms with van der Waals surface area (Å²) in [6, 6.07) is 4.09. The molecule has 20 heavy (non-hydrogen) atoms. The van der Waals surface area contributed by atoms with E-state index in [1.165, 1.54) is 32.1 Å². The van der Waals surface area contributed by atoms with E-state index in [1.54, 1.807) is 0 Å². The van der Waals surface area contributed by atoms with Crippen molar-refractivity contribution in [3.63, 3.8) is 0 Å². The molecule has 0 amide bonds. The summed E-state index contributed by atoms with van der Waals surface area (Å²) in [5, 5.41) is 3.59. The minimum absolute atomic E-state index is 0.806. The monoisotopic (exact) mass is 270 g/mol. The van der Waals surface area contributed by atoms with Crippen LogP contribution >= 0.6 is 0 Å². The molecule has 0 aliphatic heterocycles. The van der Waals surface area contributed by atoms with E-state index in [0.717, 1.165) is 29.8 Å². The van der Waals surface area contributed by atoms with Gasteiger partial charge in [0.25, 0.3) is 0 Å². The van der Waals surface area contributed by atoms with E-state index in [2.05, 4.69) is 21.4 Å². The highest BCUT2D eigenvalue weighted by Gasteiger charge is 2.14. The normalized spacial score (nSPS) is 16.2. The van der Waals surface area contributed by atoms with Gasteiger partial charge in [-0.25, -0.2) is 9.97 Å². The predicted molar refractivity (Wildman–Crippen MR) is 81.2 cm³/mol. The summed E-state index contributed by atoms with van der Waals surface area (Å²) in [7, 11) is 0. The molecule has 0 saturated heterocycles. The van der Waals surface area contributed by atoms with Crippen LogP contribution in [-0.2, 0) is 0 Å². The van der Waals surface area contributed by atoms with Crippen molar-refractivity contribution in [2.45, 2.75) is 39.0 Å². The van der Waals surface area contributed by atoms with Crippen molar-refractivity contribution >= 4 is 5.69 Å². The Bertz CT molecular complexity index is 555. The van der Waals surface area contributed by atoms with Crippen LogP contribution in [0.15, 0.2) is 30.7 Å². The molecule has 1 fully saturated rings. The summed E-state index contributed by atoms with van der Waals surface area (Å²) < 4.78 is 2.03. The van der Waals surface area contributed by atoms with Crippen LogP contribution in [0.4, 0.5) is 5.69 Å². The largest absolute Gasteiger partial charge is 0.382 e. The predicted octanol–water partition coefficient (Wildman–Crippen LogP) is 3.57. The minimum atomic E-state index is 0.806. The average Bonchev–Trinajstić information content (AvgIpc) is 2.92. The van der Waals surface area contributed by atoms with E-state index in [0.29, 0.717) is 0 Å². The van der Waals surface area contributed by atoms with E-state index in [1.807, 2.05) is 36.1 Å². The molecule has 0 aromatic carbocycles. The van der Waals surface area contributed by atoms with E-state index in [-0.39, 0.29) is 0 Å². The molecule has 2 aromatic heterocycles. The lowest BCUT2D eigenvalue weighted by Gasteiger charge is -2.23. The first-order valence-corrected chi connectivity index (χ1v) is 7.54. The van der Waals surface area contributed by atoms with Crippen LogP contribution in [0.1, 0.15) is 37.9 Å². The smallest absolute Gasteiger partial charge is 0.161 e. The van der Waals surface area contributed by atoms with Gasteiger partial charge in [-0.15, -0.1) is 0 Å². The maximum atomic E-state index is 4.51. The number of nitrogens with one attached hydrogen (secondary N) is 1. The number of hydrogen-bond donors (Lipinski definition) is 1. The van der Waals surface area contributed by atoms with Gasteiger partial charge in [0.1, 0.15) is 5.82 Å². The Kier molecular flexibility index (Phi) is 4.00. The molecule has 1 N–H and O–H groups in total. The minimum Gasteiger partial charge on any atom is -0.382 e. The van der Waals surface area contributed by atoms with Crippen molar-refractivity contribution < 1.29 is 0 Å². The average molecular weight is 270 g/mol. The summed E-state index contributed by atoms with van der Waals surface area (Å²) in [6.07, 6.45) is 12.5. The van der Waals surface area contributed by atoms with Gasteiger partial charge in [0.05, 0.1) is 5.69 Å². The van der Waals surface area contributed by atoms with Crippen LogP contribution < -0.4 is 5.32 Å². The van der Waals surface area contributed by atoms with Crippen LogP contribution in [0.2, 0.25) is 0 Å². The van der Waals surface area contributed by atoms with Gasteiger partial charge in [0, 0.05) is 25.1 Å². The molecule has 2 aromatic rings. The maximum absolute atomic E-state index is 4.51. The molecule has 0 unspecified atom stereocenters. The number of hydrogen-bond acceptors (Lipinski definition) is 3. The van der Waals surface area contributed by atoms with Crippen LogP contribution in [0.3, 0.4) is 0 Å². The van der Waals surface area contributed by atoms with Gasteiger partial charge in [-0.3, -0.25) is 4.57 Å². The Labute approximate surface area is 120 Å². The second-order valence-corrected chi connectivity index (χ2v) is 5.60. The molecule has 0 spiro atoms. The summed E-state index contributed by atoms with van der Waals surface area (Å²) >= 11 is 0. The highest BCUT2D eigenvalue weighted by Crippen LogP contribution is 2.25. The highest BCUT2D eigenvalue weighted by molar-refractivity contribution is 5.57. The first-order chi connectivity index (χ1) is 9.84. The quantitative estimate of drug-likeness (QED) is 0.923. The molecule has 4 heteroatoms. The van der Waals surface area contributed by atoms with Crippen molar-refractivity contribution in [3.8, 4) is 5.82 Å². The number of pyridine rings is 1. The fourth-order valence-electron chi connectivity index (χ4n) is 2.97. The molecule has 106 valence electrons. The van der Waals surface area contributed by atoms with Gasteiger partial charge >= 0.3 is 0 Å². The van der Waals surface area contributed by atoms with E-state index in [9.17, 15) is 0 Å². The lowest BCUT2D eigenvalue weighted by atomic mass is 9.89. The molecule has 2 heterocycles. The van der Waals surface area contributed by atoms with Gasteiger partial charge in [0.15, 0.2) is 5.82 Å². The number of aryl methyl sites for hydroxylation is 1. The van der Waals surface area contributed by atoms with Crippen molar-refractivity contribution in [2.75, 3.05) is 11.9 Å². The molecular weight excluding hydrogens is 248 g/mol. The van der Waals surface area contributed by atoms with Gasteiger partial charge in [-0.1, -0.05) is 19.3 Å². The molecular formula is C16H22N4. The second-order valence-electron chi connectivity index (χ2n) is 5.60. The van der Waals surface area contributed by atoms with E-state index >= 15 is 0 Å². The molecule has 0 radical (unpaired) electrons. The lowest BCUT2D eigenvalue weighted by molar-refractivity contribution is 0.373. The number of rotatable bonds is 4. The third-order valence-corrected chi connectivity index (χ3v) is 4.15. The topological polar surface area (TPSA) is 42.7 Å². The molecule has 1 aliphatic rings. The van der Waals surface area contributed by atoms with Gasteiger partial charge in [-0.2, -0.15) is 0 Å². The highest BCUT2D eigenvalue weighted by atomic mass is 15.1. The summed E-state index contributed by atoms with van der Waals surface area (Å²) in [5.74, 6) is 2.71. The molecule has 4 nitrogen and oxygen atoms in total. The zero-order valence-electron chi connectivity index (χ0n) is 12.0. The van der Waals surface area contributed by atoms with Gasteiger partial charge < -0.3 is 5.32 Å². The first-order valence-electron chi connectivity index (χ1n) is 7.54. The fourth-order valence-corrected chi connectivity index (χ4v) is 2.97. The number of aromatic nitrogens is 3. The standard InChI is InChI=1S/C16H22N4/c1-13-17-10-11-20(13)16-15(8-5-9-18-16)19-12-14-6-3-2-4-7-14/h5,8-11,14,19H,2-4,6-7,12H2,1H3. The fraction of sp³-hybridized carbons (Fsp3) is 0.500. The van der Waals surface area contributed by atoms with Crippen molar-refractivity contribution in [3.05, 3.63) is 36.5 Å². The van der Waals surface area contributed by atoms with Crippen LogP contribution in [-0.4, -0.2) is 21.1 Å². The first kappa shape index (κ1) is 13.2. The zero-order valence-corrected chi connectivity index (χ0v) is 12.0. The van der Waals surface area contributed by atoms with Crippen LogP contribution in [0, 0.1) is 12.8 Å². The SMILES string of the molecule is Cc1nccn1-c1ncccc1NCC1CCCCC1.